The molecule has 0 atom stereocenters. The van der Waals surface area contributed by atoms with E-state index in [9.17, 15) is 9.59 Å². The minimum Gasteiger partial charge on any atom is -0.289 e. The number of fused-ring (bicyclic) bond motifs is 2. The molecule has 0 bridgehead atoms. The lowest BCUT2D eigenvalue weighted by Gasteiger charge is -2.23. The van der Waals surface area contributed by atoms with Crippen molar-refractivity contribution < 1.29 is 9.59 Å². The molecule has 0 unspecified atom stereocenters. The highest BCUT2D eigenvalue weighted by molar-refractivity contribution is 6.23. The fourth-order valence-corrected chi connectivity index (χ4v) is 3.42. The SMILES string of the molecule is CC1=CC(=C2C=C(C)C(=O)c3ccccc32)c2ccccc2C1=O. The molecule has 0 saturated carbocycles. The number of carbonyl (C=O) groups is 2. The quantitative estimate of drug-likeness (QED) is 0.694. The van der Waals surface area contributed by atoms with E-state index in [-0.39, 0.29) is 11.6 Å². The van der Waals surface area contributed by atoms with Crippen molar-refractivity contribution in [2.24, 2.45) is 0 Å². The Labute approximate surface area is 140 Å². The lowest BCUT2D eigenvalue weighted by molar-refractivity contribution is 0.102. The van der Waals surface area contributed by atoms with E-state index in [2.05, 4.69) is 0 Å². The summed E-state index contributed by atoms with van der Waals surface area (Å²) in [6, 6.07) is 15.3. The predicted octanol–water partition coefficient (Wildman–Crippen LogP) is 4.88. The topological polar surface area (TPSA) is 34.1 Å². The summed E-state index contributed by atoms with van der Waals surface area (Å²) < 4.78 is 0. The minimum absolute atomic E-state index is 0.0656. The molecule has 0 fully saturated rings. The molecule has 0 radical (unpaired) electrons. The van der Waals surface area contributed by atoms with Gasteiger partial charge in [-0.2, -0.15) is 0 Å². The Bertz CT molecular complexity index is 919. The maximum Gasteiger partial charge on any atom is 0.189 e. The summed E-state index contributed by atoms with van der Waals surface area (Å²) in [6.45, 7) is 3.69. The summed E-state index contributed by atoms with van der Waals surface area (Å²) in [4.78, 5) is 24.9. The zero-order valence-electron chi connectivity index (χ0n) is 13.6. The maximum atomic E-state index is 12.4. The first kappa shape index (κ1) is 14.6. The summed E-state index contributed by atoms with van der Waals surface area (Å²) in [5.74, 6) is 0.131. The van der Waals surface area contributed by atoms with Crippen molar-refractivity contribution in [3.05, 3.63) is 94.1 Å². The molecular weight excluding hydrogens is 296 g/mol. The Morgan fingerprint density at radius 3 is 1.25 bits per heavy atom. The van der Waals surface area contributed by atoms with E-state index in [0.717, 1.165) is 44.5 Å². The van der Waals surface area contributed by atoms with Gasteiger partial charge in [0.1, 0.15) is 0 Å². The Balaban J connectivity index is 2.10. The van der Waals surface area contributed by atoms with Gasteiger partial charge < -0.3 is 0 Å². The second kappa shape index (κ2) is 5.27. The molecule has 24 heavy (non-hydrogen) atoms. The first-order chi connectivity index (χ1) is 11.6. The molecule has 2 aliphatic carbocycles. The molecule has 2 aliphatic rings. The first-order valence-electron chi connectivity index (χ1n) is 7.97. The number of Topliss-reactive ketones (excluding diaryl/α,β-unsaturated/α-hetero) is 2. The summed E-state index contributed by atoms with van der Waals surface area (Å²) in [5, 5.41) is 0. The lowest BCUT2D eigenvalue weighted by Crippen LogP contribution is -2.13. The fraction of sp³-hybridized carbons (Fsp3) is 0.0909. The lowest BCUT2D eigenvalue weighted by atomic mass is 9.79. The van der Waals surface area contributed by atoms with Gasteiger partial charge in [0, 0.05) is 11.1 Å². The van der Waals surface area contributed by atoms with E-state index in [1.54, 1.807) is 0 Å². The molecule has 2 nitrogen and oxygen atoms in total. The highest BCUT2D eigenvalue weighted by Gasteiger charge is 2.26. The van der Waals surface area contributed by atoms with Crippen molar-refractivity contribution in [2.45, 2.75) is 13.8 Å². The Kier molecular flexibility index (Phi) is 3.20. The Hall–Kier alpha value is -3.00. The number of rotatable bonds is 0. The Morgan fingerprint density at radius 2 is 0.875 bits per heavy atom. The van der Waals surface area contributed by atoms with Crippen LogP contribution in [-0.2, 0) is 0 Å². The van der Waals surface area contributed by atoms with Crippen molar-refractivity contribution in [1.29, 1.82) is 0 Å². The smallest absolute Gasteiger partial charge is 0.189 e. The van der Waals surface area contributed by atoms with Crippen LogP contribution in [0.5, 0.6) is 0 Å². The summed E-state index contributed by atoms with van der Waals surface area (Å²) in [5.41, 5.74) is 6.74. The predicted molar refractivity (Wildman–Crippen MR) is 95.9 cm³/mol. The van der Waals surface area contributed by atoms with Crippen LogP contribution < -0.4 is 0 Å². The van der Waals surface area contributed by atoms with Gasteiger partial charge in [-0.15, -0.1) is 0 Å². The van der Waals surface area contributed by atoms with Gasteiger partial charge in [-0.3, -0.25) is 9.59 Å². The van der Waals surface area contributed by atoms with Crippen LogP contribution in [0.3, 0.4) is 0 Å². The van der Waals surface area contributed by atoms with Crippen LogP contribution in [0.1, 0.15) is 45.7 Å². The van der Waals surface area contributed by atoms with Crippen LogP contribution in [-0.4, -0.2) is 11.6 Å². The van der Waals surface area contributed by atoms with Crippen molar-refractivity contribution in [3.63, 3.8) is 0 Å². The average Bonchev–Trinajstić information content (AvgIpc) is 2.61. The second-order valence-electron chi connectivity index (χ2n) is 6.23. The molecule has 0 heterocycles. The molecule has 0 spiro atoms. The number of hydrogen-bond acceptors (Lipinski definition) is 2. The van der Waals surface area contributed by atoms with Gasteiger partial charge in [0.15, 0.2) is 11.6 Å². The van der Waals surface area contributed by atoms with Gasteiger partial charge >= 0.3 is 0 Å². The van der Waals surface area contributed by atoms with Crippen LogP contribution in [0.4, 0.5) is 0 Å². The molecule has 0 N–H and O–H groups in total. The highest BCUT2D eigenvalue weighted by Crippen LogP contribution is 2.39. The summed E-state index contributed by atoms with van der Waals surface area (Å²) in [7, 11) is 0. The van der Waals surface area contributed by atoms with Crippen molar-refractivity contribution in [2.75, 3.05) is 0 Å². The number of carbonyl (C=O) groups excluding carboxylic acids is 2. The van der Waals surface area contributed by atoms with Gasteiger partial charge in [-0.05, 0) is 59.4 Å². The molecule has 2 aromatic rings. The molecule has 0 aliphatic heterocycles. The molecule has 2 heteroatoms. The van der Waals surface area contributed by atoms with Gasteiger partial charge in [0.2, 0.25) is 0 Å². The van der Waals surface area contributed by atoms with E-state index in [0.29, 0.717) is 0 Å². The standard InChI is InChI=1S/C22H16O2/c1-13-11-19(15-7-3-5-9-17(15)21(13)23)20-12-14(2)22(24)18-10-6-4-8-16(18)20/h3-12H,1-2H3. The normalized spacial score (nSPS) is 19.4. The van der Waals surface area contributed by atoms with Crippen LogP contribution in [0.15, 0.2) is 71.8 Å². The number of hydrogen-bond donors (Lipinski definition) is 0. The van der Waals surface area contributed by atoms with Crippen LogP contribution in [0, 0.1) is 0 Å². The van der Waals surface area contributed by atoms with E-state index < -0.39 is 0 Å². The third-order valence-corrected chi connectivity index (χ3v) is 4.65. The third kappa shape index (κ3) is 2.04. The molecule has 0 saturated heterocycles. The molecule has 4 rings (SSSR count). The van der Waals surface area contributed by atoms with E-state index in [4.69, 9.17) is 0 Å². The number of allylic oxidation sites excluding steroid dienone is 6. The number of ketones is 2. The zero-order valence-corrected chi connectivity index (χ0v) is 13.6. The Morgan fingerprint density at radius 1 is 0.542 bits per heavy atom. The summed E-state index contributed by atoms with van der Waals surface area (Å²) in [6.07, 6.45) is 3.88. The minimum atomic E-state index is 0.0656. The van der Waals surface area contributed by atoms with E-state index in [1.807, 2.05) is 74.5 Å². The van der Waals surface area contributed by atoms with Crippen molar-refractivity contribution >= 4 is 22.7 Å². The second-order valence-corrected chi connectivity index (χ2v) is 6.23. The average molecular weight is 312 g/mol. The molecular formula is C22H16O2. The van der Waals surface area contributed by atoms with Crippen LogP contribution >= 0.6 is 0 Å². The third-order valence-electron chi connectivity index (χ3n) is 4.65. The highest BCUT2D eigenvalue weighted by atomic mass is 16.1. The van der Waals surface area contributed by atoms with Gasteiger partial charge in [0.25, 0.3) is 0 Å². The maximum absolute atomic E-state index is 12.4. The van der Waals surface area contributed by atoms with Crippen LogP contribution in [0.25, 0.3) is 11.1 Å². The zero-order chi connectivity index (χ0) is 16.8. The molecule has 0 amide bonds. The van der Waals surface area contributed by atoms with Gasteiger partial charge in [-0.1, -0.05) is 48.5 Å². The monoisotopic (exact) mass is 312 g/mol. The molecule has 2 aromatic carbocycles. The first-order valence-corrected chi connectivity index (χ1v) is 7.97. The molecule has 0 aromatic heterocycles. The van der Waals surface area contributed by atoms with Crippen molar-refractivity contribution in [3.8, 4) is 0 Å². The molecule has 116 valence electrons. The van der Waals surface area contributed by atoms with Gasteiger partial charge in [-0.25, -0.2) is 0 Å². The van der Waals surface area contributed by atoms with Crippen molar-refractivity contribution in [1.82, 2.24) is 0 Å². The van der Waals surface area contributed by atoms with E-state index >= 15 is 0 Å². The largest absolute Gasteiger partial charge is 0.289 e. The van der Waals surface area contributed by atoms with Crippen LogP contribution in [0.2, 0.25) is 0 Å². The van der Waals surface area contributed by atoms with E-state index in [1.165, 1.54) is 0 Å². The summed E-state index contributed by atoms with van der Waals surface area (Å²) >= 11 is 0. The number of benzene rings is 2. The fourth-order valence-electron chi connectivity index (χ4n) is 3.42. The van der Waals surface area contributed by atoms with Gasteiger partial charge in [0.05, 0.1) is 0 Å².